The zero-order valence-corrected chi connectivity index (χ0v) is 9.72. The lowest BCUT2D eigenvalue weighted by atomic mass is 10.1. The van der Waals surface area contributed by atoms with E-state index in [1.54, 1.807) is 7.11 Å². The monoisotopic (exact) mass is 221 g/mol. The Bertz CT molecular complexity index is 326. The Kier molecular flexibility index (Phi) is 3.74. The van der Waals surface area contributed by atoms with Gasteiger partial charge in [0.2, 0.25) is 5.88 Å². The van der Waals surface area contributed by atoms with E-state index < -0.39 is 0 Å². The van der Waals surface area contributed by atoms with Crippen molar-refractivity contribution in [3.63, 3.8) is 0 Å². The van der Waals surface area contributed by atoms with Gasteiger partial charge in [-0.3, -0.25) is 4.90 Å². The first-order valence-corrected chi connectivity index (χ1v) is 5.73. The highest BCUT2D eigenvalue weighted by atomic mass is 16.5. The smallest absolute Gasteiger partial charge is 0.212 e. The molecule has 2 N–H and O–H groups in total. The first kappa shape index (κ1) is 11.4. The number of methoxy groups -OCH3 is 1. The van der Waals surface area contributed by atoms with E-state index in [1.807, 2.05) is 12.3 Å². The van der Waals surface area contributed by atoms with Crippen molar-refractivity contribution >= 4 is 0 Å². The highest BCUT2D eigenvalue weighted by molar-refractivity contribution is 5.17. The molecule has 1 aromatic heterocycles. The third-order valence-electron chi connectivity index (χ3n) is 3.12. The zero-order valence-electron chi connectivity index (χ0n) is 9.72. The predicted octanol–water partition coefficient (Wildman–Crippen LogP) is 0.871. The minimum absolute atomic E-state index is 0.671. The summed E-state index contributed by atoms with van der Waals surface area (Å²) < 4.78 is 5.03. The zero-order chi connectivity index (χ0) is 11.4. The molecule has 1 saturated heterocycles. The fraction of sp³-hybridized carbons (Fsp3) is 0.583. The number of nitrogens with zero attached hydrogens (tertiary/aromatic N) is 2. The van der Waals surface area contributed by atoms with Crippen molar-refractivity contribution < 1.29 is 4.74 Å². The number of hydrogen-bond acceptors (Lipinski definition) is 4. The average molecular weight is 221 g/mol. The standard InChI is InChI=1S/C12H19N3O/c1-16-12-3-2-11(7-14-12)9-15-5-4-10(6-13)8-15/h2-3,7,10H,4-6,8-9,13H2,1H3. The third kappa shape index (κ3) is 2.71. The summed E-state index contributed by atoms with van der Waals surface area (Å²) in [5.74, 6) is 1.34. The van der Waals surface area contributed by atoms with Crippen molar-refractivity contribution in [3.8, 4) is 5.88 Å². The van der Waals surface area contributed by atoms with Crippen LogP contribution in [-0.4, -0.2) is 36.6 Å². The summed E-state index contributed by atoms with van der Waals surface area (Å²) in [6.45, 7) is 4.03. The van der Waals surface area contributed by atoms with Gasteiger partial charge in [0, 0.05) is 25.4 Å². The third-order valence-corrected chi connectivity index (χ3v) is 3.12. The number of ether oxygens (including phenoxy) is 1. The van der Waals surface area contributed by atoms with Gasteiger partial charge < -0.3 is 10.5 Å². The van der Waals surface area contributed by atoms with Gasteiger partial charge in [-0.15, -0.1) is 0 Å². The lowest BCUT2D eigenvalue weighted by molar-refractivity contribution is 0.317. The van der Waals surface area contributed by atoms with E-state index >= 15 is 0 Å². The molecule has 1 atom stereocenters. The molecule has 0 aliphatic carbocycles. The molecule has 1 unspecified atom stereocenters. The molecule has 88 valence electrons. The van der Waals surface area contributed by atoms with E-state index in [1.165, 1.54) is 12.0 Å². The highest BCUT2D eigenvalue weighted by Gasteiger charge is 2.20. The summed E-state index contributed by atoms with van der Waals surface area (Å²) in [4.78, 5) is 6.64. The van der Waals surface area contributed by atoms with Gasteiger partial charge >= 0.3 is 0 Å². The van der Waals surface area contributed by atoms with Gasteiger partial charge in [-0.1, -0.05) is 6.07 Å². The largest absolute Gasteiger partial charge is 0.481 e. The number of rotatable bonds is 4. The van der Waals surface area contributed by atoms with Gasteiger partial charge in [0.15, 0.2) is 0 Å². The molecule has 0 aromatic carbocycles. The van der Waals surface area contributed by atoms with Crippen LogP contribution in [-0.2, 0) is 6.54 Å². The average Bonchev–Trinajstić information content (AvgIpc) is 2.78. The van der Waals surface area contributed by atoms with Crippen molar-refractivity contribution in [1.29, 1.82) is 0 Å². The summed E-state index contributed by atoms with van der Waals surface area (Å²) in [6.07, 6.45) is 3.11. The molecule has 0 bridgehead atoms. The minimum atomic E-state index is 0.671. The summed E-state index contributed by atoms with van der Waals surface area (Å²) in [7, 11) is 1.63. The SMILES string of the molecule is COc1ccc(CN2CCC(CN)C2)cn1. The van der Waals surface area contributed by atoms with Crippen LogP contribution in [0, 0.1) is 5.92 Å². The number of hydrogen-bond donors (Lipinski definition) is 1. The van der Waals surface area contributed by atoms with E-state index in [4.69, 9.17) is 10.5 Å². The molecule has 2 rings (SSSR count). The van der Waals surface area contributed by atoms with Gasteiger partial charge in [-0.05, 0) is 31.0 Å². The van der Waals surface area contributed by atoms with Crippen molar-refractivity contribution in [2.24, 2.45) is 11.7 Å². The highest BCUT2D eigenvalue weighted by Crippen LogP contribution is 2.17. The number of aromatic nitrogens is 1. The molecule has 1 aliphatic rings. The van der Waals surface area contributed by atoms with Gasteiger partial charge in [0.25, 0.3) is 0 Å². The van der Waals surface area contributed by atoms with E-state index in [2.05, 4.69) is 16.0 Å². The topological polar surface area (TPSA) is 51.4 Å². The molecule has 0 saturated carbocycles. The summed E-state index contributed by atoms with van der Waals surface area (Å²) in [5, 5.41) is 0. The van der Waals surface area contributed by atoms with E-state index in [0.717, 1.165) is 26.2 Å². The molecule has 0 amide bonds. The maximum Gasteiger partial charge on any atom is 0.212 e. The molecule has 4 nitrogen and oxygen atoms in total. The van der Waals surface area contributed by atoms with Gasteiger partial charge in [-0.25, -0.2) is 4.98 Å². The van der Waals surface area contributed by atoms with Crippen LogP contribution in [0.15, 0.2) is 18.3 Å². The van der Waals surface area contributed by atoms with E-state index in [9.17, 15) is 0 Å². The fourth-order valence-corrected chi connectivity index (χ4v) is 2.13. The number of nitrogens with two attached hydrogens (primary N) is 1. The van der Waals surface area contributed by atoms with Gasteiger partial charge in [0.05, 0.1) is 7.11 Å². The van der Waals surface area contributed by atoms with Crippen LogP contribution in [0.1, 0.15) is 12.0 Å². The first-order chi connectivity index (χ1) is 7.81. The van der Waals surface area contributed by atoms with Crippen molar-refractivity contribution in [2.45, 2.75) is 13.0 Å². The van der Waals surface area contributed by atoms with Crippen LogP contribution in [0.25, 0.3) is 0 Å². The molecule has 1 fully saturated rings. The second-order valence-electron chi connectivity index (χ2n) is 4.33. The summed E-state index contributed by atoms with van der Waals surface area (Å²) in [6, 6.07) is 3.98. The summed E-state index contributed by atoms with van der Waals surface area (Å²) >= 11 is 0. The van der Waals surface area contributed by atoms with Crippen LogP contribution in [0.5, 0.6) is 5.88 Å². The molecule has 1 aliphatic heterocycles. The minimum Gasteiger partial charge on any atom is -0.481 e. The van der Waals surface area contributed by atoms with Gasteiger partial charge in [-0.2, -0.15) is 0 Å². The summed E-state index contributed by atoms with van der Waals surface area (Å²) in [5.41, 5.74) is 6.91. The Morgan fingerprint density at radius 3 is 3.00 bits per heavy atom. The second-order valence-corrected chi connectivity index (χ2v) is 4.33. The molecule has 0 radical (unpaired) electrons. The lowest BCUT2D eigenvalue weighted by Crippen LogP contribution is -2.22. The predicted molar refractivity (Wildman–Crippen MR) is 63.2 cm³/mol. The van der Waals surface area contributed by atoms with Crippen LogP contribution >= 0.6 is 0 Å². The van der Waals surface area contributed by atoms with Gasteiger partial charge in [0.1, 0.15) is 0 Å². The van der Waals surface area contributed by atoms with Crippen molar-refractivity contribution in [3.05, 3.63) is 23.9 Å². The number of pyridine rings is 1. The molecule has 1 aromatic rings. The van der Waals surface area contributed by atoms with Crippen LogP contribution < -0.4 is 10.5 Å². The fourth-order valence-electron chi connectivity index (χ4n) is 2.13. The van der Waals surface area contributed by atoms with Crippen LogP contribution in [0.3, 0.4) is 0 Å². The molecule has 2 heterocycles. The Morgan fingerprint density at radius 1 is 1.56 bits per heavy atom. The molecular weight excluding hydrogens is 202 g/mol. The molecular formula is C12H19N3O. The molecule has 16 heavy (non-hydrogen) atoms. The van der Waals surface area contributed by atoms with Crippen molar-refractivity contribution in [2.75, 3.05) is 26.7 Å². The van der Waals surface area contributed by atoms with E-state index in [-0.39, 0.29) is 0 Å². The quantitative estimate of drug-likeness (QED) is 0.819. The molecule has 0 spiro atoms. The Balaban J connectivity index is 1.89. The Labute approximate surface area is 96.4 Å². The Hall–Kier alpha value is -1.13. The molecule has 4 heteroatoms. The van der Waals surface area contributed by atoms with E-state index in [0.29, 0.717) is 11.8 Å². The number of likely N-dealkylation sites (tertiary alicyclic amines) is 1. The Morgan fingerprint density at radius 2 is 2.44 bits per heavy atom. The first-order valence-electron chi connectivity index (χ1n) is 5.73. The van der Waals surface area contributed by atoms with Crippen LogP contribution in [0.2, 0.25) is 0 Å². The second kappa shape index (κ2) is 5.27. The van der Waals surface area contributed by atoms with Crippen molar-refractivity contribution in [1.82, 2.24) is 9.88 Å². The normalized spacial score (nSPS) is 21.2. The lowest BCUT2D eigenvalue weighted by Gasteiger charge is -2.15. The maximum atomic E-state index is 5.67. The maximum absolute atomic E-state index is 5.67. The van der Waals surface area contributed by atoms with Crippen LogP contribution in [0.4, 0.5) is 0 Å².